The molecule has 2 aromatic heterocycles. The van der Waals surface area contributed by atoms with E-state index in [-0.39, 0.29) is 0 Å². The number of para-hydroxylation sites is 1. The van der Waals surface area contributed by atoms with Crippen LogP contribution in [0.25, 0.3) is 75.5 Å². The standard InChI is InChI=1S/C38H20N2OS/c39-21-23-9-12-30(29(15-23)22-40)28-17-26(24-10-13-36-33(19-24)31-5-1-3-7-35(31)41-36)16-27(18-28)25-11-14-38-34(20-25)32-6-2-4-8-37(32)42-38/h1-20H. The third-order valence-corrected chi connectivity index (χ3v) is 9.09. The van der Waals surface area contributed by atoms with Crippen LogP contribution < -0.4 is 0 Å². The average Bonchev–Trinajstić information content (AvgIpc) is 3.61. The molecule has 0 spiro atoms. The molecule has 3 nitrogen and oxygen atoms in total. The molecule has 2 heterocycles. The Morgan fingerprint density at radius 2 is 1.14 bits per heavy atom. The van der Waals surface area contributed by atoms with E-state index in [9.17, 15) is 10.5 Å². The molecule has 42 heavy (non-hydrogen) atoms. The molecule has 6 aromatic carbocycles. The van der Waals surface area contributed by atoms with E-state index in [2.05, 4.69) is 91.0 Å². The van der Waals surface area contributed by atoms with Crippen molar-refractivity contribution in [1.82, 2.24) is 0 Å². The average molecular weight is 553 g/mol. The molecule has 4 heteroatoms. The van der Waals surface area contributed by atoms with Gasteiger partial charge in [0.05, 0.1) is 23.3 Å². The minimum atomic E-state index is 0.471. The fraction of sp³-hybridized carbons (Fsp3) is 0. The zero-order chi connectivity index (χ0) is 28.2. The number of benzene rings is 6. The third-order valence-electron chi connectivity index (χ3n) is 7.93. The van der Waals surface area contributed by atoms with Gasteiger partial charge in [-0.15, -0.1) is 11.3 Å². The van der Waals surface area contributed by atoms with Crippen LogP contribution in [0, 0.1) is 22.7 Å². The SMILES string of the molecule is N#Cc1ccc(-c2cc(-c3ccc4oc5ccccc5c4c3)cc(-c3ccc4sc5ccccc5c4c3)c2)c(C#N)c1. The molecule has 0 atom stereocenters. The smallest absolute Gasteiger partial charge is 0.135 e. The number of fused-ring (bicyclic) bond motifs is 6. The maximum Gasteiger partial charge on any atom is 0.135 e. The van der Waals surface area contributed by atoms with E-state index >= 15 is 0 Å². The van der Waals surface area contributed by atoms with Crippen LogP contribution in [0.5, 0.6) is 0 Å². The lowest BCUT2D eigenvalue weighted by Crippen LogP contribution is -1.90. The molecule has 0 aliphatic rings. The Balaban J connectivity index is 1.37. The maximum atomic E-state index is 9.99. The van der Waals surface area contributed by atoms with Gasteiger partial charge in [-0.25, -0.2) is 0 Å². The van der Waals surface area contributed by atoms with Crippen molar-refractivity contribution in [3.63, 3.8) is 0 Å². The van der Waals surface area contributed by atoms with Crippen LogP contribution in [-0.2, 0) is 0 Å². The Kier molecular flexibility index (Phi) is 5.44. The predicted octanol–water partition coefficient (Wildman–Crippen LogP) is 10.7. The fourth-order valence-electron chi connectivity index (χ4n) is 5.89. The minimum Gasteiger partial charge on any atom is -0.456 e. The highest BCUT2D eigenvalue weighted by Gasteiger charge is 2.14. The molecule has 194 valence electrons. The van der Waals surface area contributed by atoms with Crippen molar-refractivity contribution in [2.75, 3.05) is 0 Å². The van der Waals surface area contributed by atoms with Crippen molar-refractivity contribution in [3.8, 4) is 45.5 Å². The Bertz CT molecular complexity index is 2320. The zero-order valence-electron chi connectivity index (χ0n) is 22.3. The Morgan fingerprint density at radius 3 is 1.95 bits per heavy atom. The molecular weight excluding hydrogens is 532 g/mol. The highest BCUT2D eigenvalue weighted by molar-refractivity contribution is 7.25. The molecule has 0 radical (unpaired) electrons. The van der Waals surface area contributed by atoms with Crippen molar-refractivity contribution < 1.29 is 4.42 Å². The van der Waals surface area contributed by atoms with Crippen molar-refractivity contribution in [1.29, 1.82) is 10.5 Å². The van der Waals surface area contributed by atoms with Crippen LogP contribution in [0.4, 0.5) is 0 Å². The Labute approximate surface area is 245 Å². The van der Waals surface area contributed by atoms with E-state index in [0.29, 0.717) is 11.1 Å². The number of hydrogen-bond donors (Lipinski definition) is 0. The molecule has 0 amide bonds. The molecule has 0 bridgehead atoms. The normalized spacial score (nSPS) is 11.3. The number of nitriles is 2. The molecule has 0 N–H and O–H groups in total. The van der Waals surface area contributed by atoms with Gasteiger partial charge in [-0.3, -0.25) is 0 Å². The van der Waals surface area contributed by atoms with Crippen LogP contribution in [0.15, 0.2) is 126 Å². The lowest BCUT2D eigenvalue weighted by molar-refractivity contribution is 0.669. The first-order valence-electron chi connectivity index (χ1n) is 13.6. The molecule has 0 unspecified atom stereocenters. The highest BCUT2D eigenvalue weighted by Crippen LogP contribution is 2.40. The number of furan rings is 1. The lowest BCUT2D eigenvalue weighted by atomic mass is 9.90. The molecule has 0 saturated heterocycles. The summed E-state index contributed by atoms with van der Waals surface area (Å²) in [4.78, 5) is 0. The first-order valence-corrected chi connectivity index (χ1v) is 14.4. The summed E-state index contributed by atoms with van der Waals surface area (Å²) in [6, 6.07) is 45.8. The molecule has 0 aliphatic heterocycles. The first kappa shape index (κ1) is 24.1. The zero-order valence-corrected chi connectivity index (χ0v) is 23.1. The second kappa shape index (κ2) is 9.46. The predicted molar refractivity (Wildman–Crippen MR) is 172 cm³/mol. The fourth-order valence-corrected chi connectivity index (χ4v) is 6.97. The van der Waals surface area contributed by atoms with E-state index in [0.717, 1.165) is 55.3 Å². The van der Waals surface area contributed by atoms with Gasteiger partial charge in [0.15, 0.2) is 0 Å². The van der Waals surface area contributed by atoms with Crippen molar-refractivity contribution in [2.45, 2.75) is 0 Å². The summed E-state index contributed by atoms with van der Waals surface area (Å²) in [5.74, 6) is 0. The molecular formula is C38H20N2OS. The van der Waals surface area contributed by atoms with Gasteiger partial charge in [-0.2, -0.15) is 10.5 Å². The monoisotopic (exact) mass is 552 g/mol. The minimum absolute atomic E-state index is 0.471. The Morgan fingerprint density at radius 1 is 0.476 bits per heavy atom. The summed E-state index contributed by atoms with van der Waals surface area (Å²) in [7, 11) is 0. The Hall–Kier alpha value is -5.68. The van der Waals surface area contributed by atoms with E-state index in [4.69, 9.17) is 4.42 Å². The van der Waals surface area contributed by atoms with Crippen LogP contribution >= 0.6 is 11.3 Å². The summed E-state index contributed by atoms with van der Waals surface area (Å²) in [6.07, 6.45) is 0. The van der Waals surface area contributed by atoms with E-state index in [1.807, 2.05) is 30.3 Å². The molecule has 8 aromatic rings. The topological polar surface area (TPSA) is 60.7 Å². The van der Waals surface area contributed by atoms with Gasteiger partial charge in [0, 0.05) is 30.9 Å². The van der Waals surface area contributed by atoms with Gasteiger partial charge in [-0.05, 0) is 100 Å². The summed E-state index contributed by atoms with van der Waals surface area (Å²) in [5.41, 5.74) is 8.67. The maximum absolute atomic E-state index is 9.99. The quantitative estimate of drug-likeness (QED) is 0.219. The van der Waals surface area contributed by atoms with Crippen LogP contribution in [-0.4, -0.2) is 0 Å². The number of rotatable bonds is 3. The van der Waals surface area contributed by atoms with Crippen molar-refractivity contribution in [3.05, 3.63) is 132 Å². The largest absolute Gasteiger partial charge is 0.456 e. The van der Waals surface area contributed by atoms with E-state index in [1.165, 1.54) is 20.2 Å². The van der Waals surface area contributed by atoms with Crippen LogP contribution in [0.3, 0.4) is 0 Å². The van der Waals surface area contributed by atoms with E-state index < -0.39 is 0 Å². The third kappa shape index (κ3) is 3.86. The van der Waals surface area contributed by atoms with Crippen LogP contribution in [0.1, 0.15) is 11.1 Å². The number of nitrogens with zero attached hydrogens (tertiary/aromatic N) is 2. The number of hydrogen-bond acceptors (Lipinski definition) is 4. The summed E-state index contributed by atoms with van der Waals surface area (Å²) in [5, 5.41) is 24.1. The highest BCUT2D eigenvalue weighted by atomic mass is 32.1. The lowest BCUT2D eigenvalue weighted by Gasteiger charge is -2.13. The number of thiophene rings is 1. The van der Waals surface area contributed by atoms with Crippen LogP contribution in [0.2, 0.25) is 0 Å². The summed E-state index contributed by atoms with van der Waals surface area (Å²) >= 11 is 1.81. The van der Waals surface area contributed by atoms with Gasteiger partial charge in [-0.1, -0.05) is 54.6 Å². The molecule has 8 rings (SSSR count). The van der Waals surface area contributed by atoms with Crippen molar-refractivity contribution in [2.24, 2.45) is 0 Å². The summed E-state index contributed by atoms with van der Waals surface area (Å²) in [6.45, 7) is 0. The van der Waals surface area contributed by atoms with Gasteiger partial charge < -0.3 is 4.42 Å². The summed E-state index contributed by atoms with van der Waals surface area (Å²) < 4.78 is 8.62. The van der Waals surface area contributed by atoms with Crippen molar-refractivity contribution >= 4 is 53.4 Å². The van der Waals surface area contributed by atoms with E-state index in [1.54, 1.807) is 23.5 Å². The molecule has 0 aliphatic carbocycles. The van der Waals surface area contributed by atoms with Gasteiger partial charge >= 0.3 is 0 Å². The molecule has 0 fully saturated rings. The second-order valence-corrected chi connectivity index (χ2v) is 11.5. The molecule has 0 saturated carbocycles. The van der Waals surface area contributed by atoms with Gasteiger partial charge in [0.2, 0.25) is 0 Å². The van der Waals surface area contributed by atoms with Gasteiger partial charge in [0.1, 0.15) is 11.2 Å². The first-order chi connectivity index (χ1) is 20.7. The second-order valence-electron chi connectivity index (χ2n) is 10.4. The van der Waals surface area contributed by atoms with Gasteiger partial charge in [0.25, 0.3) is 0 Å².